The van der Waals surface area contributed by atoms with E-state index in [-0.39, 0.29) is 18.2 Å². The van der Waals surface area contributed by atoms with Crippen LogP contribution in [-0.2, 0) is 5.54 Å². The first kappa shape index (κ1) is 22.2. The summed E-state index contributed by atoms with van der Waals surface area (Å²) in [5.41, 5.74) is 8.03. The van der Waals surface area contributed by atoms with Gasteiger partial charge in [-0.1, -0.05) is 41.9 Å². The number of methoxy groups -OCH3 is 1. The number of ether oxygens (including phenoxy) is 2. The van der Waals surface area contributed by atoms with E-state index < -0.39 is 11.4 Å². The Morgan fingerprint density at radius 2 is 2.03 bits per heavy atom. The Morgan fingerprint density at radius 1 is 1.21 bits per heavy atom. The number of amides is 1. The normalized spacial score (nSPS) is 17.0. The molecule has 0 spiro atoms. The molecule has 0 radical (unpaired) electrons. The molecule has 1 aliphatic heterocycles. The summed E-state index contributed by atoms with van der Waals surface area (Å²) in [6, 6.07) is 15.3. The van der Waals surface area contributed by atoms with Crippen LogP contribution in [0.4, 0.5) is 5.69 Å². The molecule has 1 aliphatic rings. The number of nitrogens with one attached hydrogen (secondary N) is 1. The number of anilines is 1. The van der Waals surface area contributed by atoms with Gasteiger partial charge in [-0.2, -0.15) is 0 Å². The number of hydrogen-bond donors (Lipinski definition) is 2. The number of carbonyl (C=O) groups excluding carboxylic acids is 1. The third-order valence-electron chi connectivity index (χ3n) is 5.06. The first-order valence-corrected chi connectivity index (χ1v) is 11.0. The van der Waals surface area contributed by atoms with Crippen LogP contribution in [-0.4, -0.2) is 40.5 Å². The molecule has 0 bridgehead atoms. The van der Waals surface area contributed by atoms with Crippen molar-refractivity contribution in [3.63, 3.8) is 0 Å². The lowest BCUT2D eigenvalue weighted by atomic mass is 9.85. The van der Waals surface area contributed by atoms with Gasteiger partial charge >= 0.3 is 0 Å². The van der Waals surface area contributed by atoms with Crippen molar-refractivity contribution in [3.05, 3.63) is 77.7 Å². The number of thioether (sulfide) groups is 1. The van der Waals surface area contributed by atoms with E-state index in [9.17, 15) is 4.79 Å². The second-order valence-electron chi connectivity index (χ2n) is 7.10. The molecule has 0 aliphatic carbocycles. The Bertz CT molecular complexity index is 1220. The predicted octanol–water partition coefficient (Wildman–Crippen LogP) is 3.05. The summed E-state index contributed by atoms with van der Waals surface area (Å²) in [7, 11) is 1.63. The number of benzene rings is 2. The average molecular weight is 460 g/mol. The van der Waals surface area contributed by atoms with Crippen LogP contribution in [0.2, 0.25) is 0 Å². The van der Waals surface area contributed by atoms with Gasteiger partial charge in [-0.05, 0) is 35.4 Å². The number of aromatic nitrogens is 2. The Kier molecular flexibility index (Phi) is 6.47. The van der Waals surface area contributed by atoms with Crippen molar-refractivity contribution in [2.24, 2.45) is 10.7 Å². The van der Waals surface area contributed by atoms with Gasteiger partial charge in [-0.3, -0.25) is 4.79 Å². The molecule has 166 valence electrons. The molecule has 1 unspecified atom stereocenters. The molecule has 1 amide bonds. The first-order chi connectivity index (χ1) is 16.0. The number of nitrogens with two attached hydrogens (primary N) is 1. The van der Waals surface area contributed by atoms with Gasteiger partial charge in [-0.15, -0.1) is 6.42 Å². The molecule has 1 aromatic heterocycles. The summed E-state index contributed by atoms with van der Waals surface area (Å²) in [6.07, 6.45) is 7.85. The van der Waals surface area contributed by atoms with Gasteiger partial charge in [0.25, 0.3) is 5.91 Å². The van der Waals surface area contributed by atoms with E-state index in [1.54, 1.807) is 13.2 Å². The Labute approximate surface area is 195 Å². The number of hydrogen-bond acceptors (Lipinski definition) is 8. The fourth-order valence-corrected chi connectivity index (χ4v) is 4.41. The zero-order valence-corrected chi connectivity index (χ0v) is 18.6. The van der Waals surface area contributed by atoms with Crippen molar-refractivity contribution in [2.45, 2.75) is 5.54 Å². The topological polar surface area (TPSA) is 112 Å². The highest BCUT2D eigenvalue weighted by Gasteiger charge is 2.39. The summed E-state index contributed by atoms with van der Waals surface area (Å²) < 4.78 is 10.5. The highest BCUT2D eigenvalue weighted by atomic mass is 32.2. The third-order valence-corrected chi connectivity index (χ3v) is 6.01. The maximum absolute atomic E-state index is 12.7. The van der Waals surface area contributed by atoms with Crippen LogP contribution in [0.1, 0.15) is 21.6 Å². The lowest BCUT2D eigenvalue weighted by Gasteiger charge is -2.27. The molecule has 8 nitrogen and oxygen atoms in total. The molecule has 4 rings (SSSR count). The minimum absolute atomic E-state index is 0.0776. The smallest absolute Gasteiger partial charge is 0.275 e. The summed E-state index contributed by atoms with van der Waals surface area (Å²) >= 11 is 1.49. The first-order valence-electron chi connectivity index (χ1n) is 9.97. The van der Waals surface area contributed by atoms with E-state index in [2.05, 4.69) is 21.2 Å². The van der Waals surface area contributed by atoms with Crippen LogP contribution in [0.25, 0.3) is 0 Å². The van der Waals surface area contributed by atoms with E-state index >= 15 is 0 Å². The number of rotatable bonds is 7. The van der Waals surface area contributed by atoms with Gasteiger partial charge in [0.05, 0.1) is 19.5 Å². The standard InChI is InChI=1S/C24H21N5O3S/c1-3-11-32-21-14-26-20(13-27-21)22(30)28-18-6-4-5-17(12-18)24(15-33-23(25)29-24)16-7-9-19(31-2)10-8-16/h1,4-10,12-14H,11,15H2,2H3,(H2,25,29)(H,28,30). The number of nitrogens with zero attached hydrogens (tertiary/aromatic N) is 3. The molecule has 33 heavy (non-hydrogen) atoms. The maximum Gasteiger partial charge on any atom is 0.275 e. The Hall–Kier alpha value is -4.03. The second kappa shape index (κ2) is 9.63. The minimum atomic E-state index is -0.669. The molecule has 1 atom stereocenters. The summed E-state index contributed by atoms with van der Waals surface area (Å²) in [4.78, 5) is 25.6. The molecular weight excluding hydrogens is 438 g/mol. The largest absolute Gasteiger partial charge is 0.497 e. The van der Waals surface area contributed by atoms with Crippen LogP contribution < -0.4 is 20.5 Å². The van der Waals surface area contributed by atoms with Crippen molar-refractivity contribution >= 4 is 28.5 Å². The summed E-state index contributed by atoms with van der Waals surface area (Å²) in [5, 5.41) is 3.38. The van der Waals surface area contributed by atoms with Crippen molar-refractivity contribution in [1.29, 1.82) is 0 Å². The highest BCUT2D eigenvalue weighted by Crippen LogP contribution is 2.42. The van der Waals surface area contributed by atoms with Crippen molar-refractivity contribution in [1.82, 2.24) is 9.97 Å². The lowest BCUT2D eigenvalue weighted by molar-refractivity contribution is 0.102. The van der Waals surface area contributed by atoms with Crippen LogP contribution in [0.15, 0.2) is 65.9 Å². The minimum Gasteiger partial charge on any atom is -0.497 e. The molecule has 3 N–H and O–H groups in total. The third kappa shape index (κ3) is 4.76. The number of carbonyl (C=O) groups is 1. The molecule has 9 heteroatoms. The van der Waals surface area contributed by atoms with Crippen LogP contribution in [0.3, 0.4) is 0 Å². The van der Waals surface area contributed by atoms with Crippen molar-refractivity contribution < 1.29 is 14.3 Å². The number of amidine groups is 1. The highest BCUT2D eigenvalue weighted by molar-refractivity contribution is 8.14. The number of aliphatic imine (C=N–C) groups is 1. The van der Waals surface area contributed by atoms with E-state index in [0.29, 0.717) is 16.6 Å². The summed E-state index contributed by atoms with van der Waals surface area (Å²) in [5.74, 6) is 3.60. The van der Waals surface area contributed by atoms with Crippen LogP contribution >= 0.6 is 11.8 Å². The Morgan fingerprint density at radius 3 is 2.67 bits per heavy atom. The van der Waals surface area contributed by atoms with Gasteiger partial charge in [0.2, 0.25) is 5.88 Å². The fraction of sp³-hybridized carbons (Fsp3) is 0.167. The van der Waals surface area contributed by atoms with E-state index in [1.165, 1.54) is 24.2 Å². The van der Waals surface area contributed by atoms with Gasteiger partial charge in [-0.25, -0.2) is 15.0 Å². The average Bonchev–Trinajstić information content (AvgIpc) is 3.26. The molecule has 0 saturated heterocycles. The van der Waals surface area contributed by atoms with E-state index in [4.69, 9.17) is 26.6 Å². The SMILES string of the molecule is C#CCOc1cnc(C(=O)Nc2cccc(C3(c4ccc(OC)cc4)CSC(N)=N3)c2)cn1. The van der Waals surface area contributed by atoms with Gasteiger partial charge < -0.3 is 20.5 Å². The zero-order chi connectivity index (χ0) is 23.3. The molecule has 3 aromatic rings. The molecule has 2 heterocycles. The molecule has 2 aromatic carbocycles. The predicted molar refractivity (Wildman–Crippen MR) is 129 cm³/mol. The second-order valence-corrected chi connectivity index (χ2v) is 8.09. The van der Waals surface area contributed by atoms with Gasteiger partial charge in [0.15, 0.2) is 11.8 Å². The molecule has 0 fully saturated rings. The Balaban J connectivity index is 1.59. The van der Waals surface area contributed by atoms with Crippen LogP contribution in [0, 0.1) is 12.3 Å². The van der Waals surface area contributed by atoms with Crippen molar-refractivity contribution in [2.75, 3.05) is 24.8 Å². The van der Waals surface area contributed by atoms with Gasteiger partial charge in [0.1, 0.15) is 17.0 Å². The summed E-state index contributed by atoms with van der Waals surface area (Å²) in [6.45, 7) is 0.0776. The maximum atomic E-state index is 12.7. The van der Waals surface area contributed by atoms with E-state index in [0.717, 1.165) is 16.9 Å². The molecule has 0 saturated carbocycles. The quantitative estimate of drug-likeness (QED) is 0.522. The lowest BCUT2D eigenvalue weighted by Crippen LogP contribution is -2.26. The van der Waals surface area contributed by atoms with E-state index in [1.807, 2.05) is 42.5 Å². The zero-order valence-electron chi connectivity index (χ0n) is 17.8. The number of terminal acetylenes is 1. The van der Waals surface area contributed by atoms with Crippen molar-refractivity contribution in [3.8, 4) is 24.0 Å². The van der Waals surface area contributed by atoms with Gasteiger partial charge in [0, 0.05) is 11.4 Å². The van der Waals surface area contributed by atoms with Crippen LogP contribution in [0.5, 0.6) is 11.6 Å². The monoisotopic (exact) mass is 459 g/mol. The molecular formula is C24H21N5O3S. The fourth-order valence-electron chi connectivity index (χ4n) is 3.43.